The molecule has 0 aromatic heterocycles. The van der Waals surface area contributed by atoms with Crippen molar-refractivity contribution in [3.8, 4) is 0 Å². The Balaban J connectivity index is 2.47. The molecular weight excluding hydrogens is 143 g/mol. The molecule has 1 aromatic carbocycles. The maximum absolute atomic E-state index is 12.9. The highest BCUT2D eigenvalue weighted by Crippen LogP contribution is 2.32. The number of aliphatic hydroxyl groups is 1. The molecule has 0 radical (unpaired) electrons. The maximum atomic E-state index is 12.9. The number of aliphatic hydroxyl groups excluding tert-OH is 1. The first-order valence-electron chi connectivity index (χ1n) is 3.69. The summed E-state index contributed by atoms with van der Waals surface area (Å²) in [6.45, 7) is 0. The van der Waals surface area contributed by atoms with Crippen molar-refractivity contribution in [2.75, 3.05) is 0 Å². The second-order valence-electron chi connectivity index (χ2n) is 2.86. The minimum absolute atomic E-state index is 0.358. The van der Waals surface area contributed by atoms with Gasteiger partial charge in [-0.2, -0.15) is 0 Å². The second-order valence-corrected chi connectivity index (χ2v) is 2.86. The largest absolute Gasteiger partial charge is 0.385 e. The fraction of sp³-hybridized carbons (Fsp3) is 0.333. The van der Waals surface area contributed by atoms with Crippen LogP contribution in [0.1, 0.15) is 17.2 Å². The van der Waals surface area contributed by atoms with Crippen molar-refractivity contribution < 1.29 is 9.50 Å². The molecule has 0 fully saturated rings. The highest BCUT2D eigenvalue weighted by molar-refractivity contribution is 5.34. The molecule has 0 saturated heterocycles. The fourth-order valence-electron chi connectivity index (χ4n) is 1.53. The Morgan fingerprint density at radius 3 is 2.82 bits per heavy atom. The predicted octanol–water partition coefficient (Wildman–Crippen LogP) is 1.61. The zero-order valence-electron chi connectivity index (χ0n) is 6.00. The first kappa shape index (κ1) is 6.80. The Bertz CT molecular complexity index is 272. The van der Waals surface area contributed by atoms with Gasteiger partial charge in [-0.25, -0.2) is 4.39 Å². The number of benzene rings is 1. The van der Waals surface area contributed by atoms with E-state index >= 15 is 0 Å². The molecular formula is C9H9FO. The summed E-state index contributed by atoms with van der Waals surface area (Å²) < 4.78 is 12.9. The third kappa shape index (κ3) is 0.942. The zero-order chi connectivity index (χ0) is 7.84. The SMILES string of the molecule is O[C@H]1c2ccccc2C[C@@H]1F. The summed E-state index contributed by atoms with van der Waals surface area (Å²) in [5.74, 6) is 0. The van der Waals surface area contributed by atoms with E-state index in [-0.39, 0.29) is 0 Å². The Kier molecular flexibility index (Phi) is 1.43. The van der Waals surface area contributed by atoms with Crippen LogP contribution in [0.5, 0.6) is 0 Å². The first-order valence-corrected chi connectivity index (χ1v) is 3.69. The van der Waals surface area contributed by atoms with E-state index in [0.717, 1.165) is 11.1 Å². The number of hydrogen-bond donors (Lipinski definition) is 1. The van der Waals surface area contributed by atoms with Crippen LogP contribution in [0.25, 0.3) is 0 Å². The summed E-state index contributed by atoms with van der Waals surface area (Å²) >= 11 is 0. The first-order chi connectivity index (χ1) is 5.29. The molecule has 2 rings (SSSR count). The number of rotatable bonds is 0. The molecule has 2 heteroatoms. The van der Waals surface area contributed by atoms with E-state index in [4.69, 9.17) is 0 Å². The molecule has 2 atom stereocenters. The van der Waals surface area contributed by atoms with Crippen molar-refractivity contribution in [3.63, 3.8) is 0 Å². The molecule has 0 heterocycles. The van der Waals surface area contributed by atoms with Gasteiger partial charge in [0.2, 0.25) is 0 Å². The van der Waals surface area contributed by atoms with Gasteiger partial charge in [-0.05, 0) is 11.1 Å². The highest BCUT2D eigenvalue weighted by Gasteiger charge is 2.29. The van der Waals surface area contributed by atoms with Crippen LogP contribution in [-0.2, 0) is 6.42 Å². The third-order valence-electron chi connectivity index (χ3n) is 2.13. The van der Waals surface area contributed by atoms with E-state index in [1.165, 1.54) is 0 Å². The van der Waals surface area contributed by atoms with E-state index in [0.29, 0.717) is 6.42 Å². The van der Waals surface area contributed by atoms with Gasteiger partial charge in [0.15, 0.2) is 0 Å². The van der Waals surface area contributed by atoms with Gasteiger partial charge in [0.1, 0.15) is 12.3 Å². The molecule has 58 valence electrons. The third-order valence-corrected chi connectivity index (χ3v) is 2.13. The number of hydrogen-bond acceptors (Lipinski definition) is 1. The summed E-state index contributed by atoms with van der Waals surface area (Å²) in [4.78, 5) is 0. The normalized spacial score (nSPS) is 28.5. The summed E-state index contributed by atoms with van der Waals surface area (Å²) in [5, 5.41) is 9.27. The number of fused-ring (bicyclic) bond motifs is 1. The molecule has 0 spiro atoms. The van der Waals surface area contributed by atoms with Crippen LogP contribution in [0.3, 0.4) is 0 Å². The molecule has 1 aliphatic carbocycles. The molecule has 1 aliphatic rings. The van der Waals surface area contributed by atoms with E-state index in [9.17, 15) is 9.50 Å². The van der Waals surface area contributed by atoms with E-state index in [1.807, 2.05) is 18.2 Å². The fourth-order valence-corrected chi connectivity index (χ4v) is 1.53. The van der Waals surface area contributed by atoms with Crippen molar-refractivity contribution in [3.05, 3.63) is 35.4 Å². The summed E-state index contributed by atoms with van der Waals surface area (Å²) in [5.41, 5.74) is 1.69. The molecule has 0 bridgehead atoms. The van der Waals surface area contributed by atoms with Gasteiger partial charge in [0, 0.05) is 6.42 Å². The van der Waals surface area contributed by atoms with Gasteiger partial charge in [-0.15, -0.1) is 0 Å². The Labute approximate surface area is 64.5 Å². The van der Waals surface area contributed by atoms with Crippen LogP contribution >= 0.6 is 0 Å². The molecule has 0 amide bonds. The van der Waals surface area contributed by atoms with E-state index in [1.54, 1.807) is 6.07 Å². The molecule has 11 heavy (non-hydrogen) atoms. The number of halogens is 1. The second kappa shape index (κ2) is 2.31. The smallest absolute Gasteiger partial charge is 0.134 e. The van der Waals surface area contributed by atoms with Crippen molar-refractivity contribution in [1.29, 1.82) is 0 Å². The molecule has 1 aromatic rings. The van der Waals surface area contributed by atoms with E-state index in [2.05, 4.69) is 0 Å². The predicted molar refractivity (Wildman–Crippen MR) is 40.0 cm³/mol. The van der Waals surface area contributed by atoms with Gasteiger partial charge < -0.3 is 5.11 Å². The lowest BCUT2D eigenvalue weighted by molar-refractivity contribution is 0.0926. The lowest BCUT2D eigenvalue weighted by atomic mass is 10.1. The van der Waals surface area contributed by atoms with Crippen molar-refractivity contribution in [1.82, 2.24) is 0 Å². The Morgan fingerprint density at radius 1 is 1.36 bits per heavy atom. The minimum Gasteiger partial charge on any atom is -0.385 e. The van der Waals surface area contributed by atoms with Gasteiger partial charge in [0.25, 0.3) is 0 Å². The van der Waals surface area contributed by atoms with Crippen LogP contribution in [0.15, 0.2) is 24.3 Å². The zero-order valence-corrected chi connectivity index (χ0v) is 6.00. The van der Waals surface area contributed by atoms with Gasteiger partial charge in [-0.1, -0.05) is 24.3 Å². The summed E-state index contributed by atoms with van der Waals surface area (Å²) in [6.07, 6.45) is -1.64. The lowest BCUT2D eigenvalue weighted by Gasteiger charge is -2.04. The lowest BCUT2D eigenvalue weighted by Crippen LogP contribution is -2.05. The minimum atomic E-state index is -1.10. The van der Waals surface area contributed by atoms with Crippen molar-refractivity contribution in [2.45, 2.75) is 18.7 Å². The van der Waals surface area contributed by atoms with Crippen LogP contribution in [0, 0.1) is 0 Å². The monoisotopic (exact) mass is 152 g/mol. The van der Waals surface area contributed by atoms with Crippen LogP contribution in [0.2, 0.25) is 0 Å². The molecule has 0 aliphatic heterocycles. The standard InChI is InChI=1S/C9H9FO/c10-8-5-6-3-1-2-4-7(6)9(8)11/h1-4,8-9,11H,5H2/t8-,9-/m0/s1. The van der Waals surface area contributed by atoms with Crippen molar-refractivity contribution in [2.24, 2.45) is 0 Å². The average Bonchev–Trinajstić information content (AvgIpc) is 2.30. The Hall–Kier alpha value is -0.890. The summed E-state index contributed by atoms with van der Waals surface area (Å²) in [7, 11) is 0. The molecule has 1 nitrogen and oxygen atoms in total. The van der Waals surface area contributed by atoms with Gasteiger partial charge in [0.05, 0.1) is 0 Å². The summed E-state index contributed by atoms with van der Waals surface area (Å²) in [6, 6.07) is 7.32. The molecule has 1 N–H and O–H groups in total. The van der Waals surface area contributed by atoms with Gasteiger partial charge in [-0.3, -0.25) is 0 Å². The highest BCUT2D eigenvalue weighted by atomic mass is 19.1. The maximum Gasteiger partial charge on any atom is 0.134 e. The molecule has 0 saturated carbocycles. The topological polar surface area (TPSA) is 20.2 Å². The van der Waals surface area contributed by atoms with E-state index < -0.39 is 12.3 Å². The average molecular weight is 152 g/mol. The van der Waals surface area contributed by atoms with Gasteiger partial charge >= 0.3 is 0 Å². The van der Waals surface area contributed by atoms with Crippen LogP contribution < -0.4 is 0 Å². The van der Waals surface area contributed by atoms with Crippen molar-refractivity contribution >= 4 is 0 Å². The van der Waals surface area contributed by atoms with Crippen LogP contribution in [0.4, 0.5) is 4.39 Å². The van der Waals surface area contributed by atoms with Crippen LogP contribution in [-0.4, -0.2) is 11.3 Å². The quantitative estimate of drug-likeness (QED) is 0.598. The Morgan fingerprint density at radius 2 is 2.09 bits per heavy atom. The number of alkyl halides is 1. The molecule has 0 unspecified atom stereocenters.